The molecule has 1 atom stereocenters. The Hall–Kier alpha value is -3.66. The lowest BCUT2D eigenvalue weighted by atomic mass is 9.91. The van der Waals surface area contributed by atoms with Gasteiger partial charge in [0, 0.05) is 18.0 Å². The summed E-state index contributed by atoms with van der Waals surface area (Å²) in [6.45, 7) is 11.8. The molecular formula is C27H32N4O3. The Bertz CT molecular complexity index is 1210. The number of hydrogen-bond acceptors (Lipinski definition) is 6. The second kappa shape index (κ2) is 10.1. The summed E-state index contributed by atoms with van der Waals surface area (Å²) in [6.07, 6.45) is 3.65. The largest absolute Gasteiger partial charge is 0.490 e. The van der Waals surface area contributed by atoms with E-state index in [0.29, 0.717) is 23.7 Å². The van der Waals surface area contributed by atoms with Crippen molar-refractivity contribution in [1.29, 1.82) is 5.26 Å². The van der Waals surface area contributed by atoms with E-state index in [1.54, 1.807) is 24.5 Å². The summed E-state index contributed by atoms with van der Waals surface area (Å²) in [5.41, 5.74) is 2.44. The lowest BCUT2D eigenvalue weighted by Crippen LogP contribution is -2.52. The van der Waals surface area contributed by atoms with E-state index >= 15 is 0 Å². The molecule has 0 fully saturated rings. The number of benzene rings is 1. The number of rotatable bonds is 7. The summed E-state index contributed by atoms with van der Waals surface area (Å²) in [7, 11) is 0. The normalized spacial score (nSPS) is 13.2. The molecule has 1 amide bonds. The van der Waals surface area contributed by atoms with Crippen molar-refractivity contribution in [3.63, 3.8) is 0 Å². The SMILES string of the molecule is CC(C)C[C@@](C)(COc1ccc(-c2ccnc3cccnc23)cc1C#N)NC(=O)OC(C)(C)C. The van der Waals surface area contributed by atoms with Gasteiger partial charge in [0.2, 0.25) is 0 Å². The van der Waals surface area contributed by atoms with Crippen LogP contribution in [0.15, 0.2) is 48.8 Å². The molecule has 0 saturated heterocycles. The van der Waals surface area contributed by atoms with Crippen LogP contribution in [-0.4, -0.2) is 33.8 Å². The van der Waals surface area contributed by atoms with E-state index in [9.17, 15) is 10.1 Å². The summed E-state index contributed by atoms with van der Waals surface area (Å²) >= 11 is 0. The van der Waals surface area contributed by atoms with E-state index in [-0.39, 0.29) is 6.61 Å². The molecule has 0 saturated carbocycles. The maximum atomic E-state index is 12.4. The van der Waals surface area contributed by atoms with Crippen molar-refractivity contribution in [3.05, 3.63) is 54.4 Å². The zero-order valence-corrected chi connectivity index (χ0v) is 20.7. The van der Waals surface area contributed by atoms with Crippen LogP contribution in [0.2, 0.25) is 0 Å². The minimum atomic E-state index is -0.673. The van der Waals surface area contributed by atoms with Gasteiger partial charge in [0.25, 0.3) is 0 Å². The van der Waals surface area contributed by atoms with Crippen LogP contribution >= 0.6 is 0 Å². The number of nitrogens with zero attached hydrogens (tertiary/aromatic N) is 3. The van der Waals surface area contributed by atoms with E-state index in [4.69, 9.17) is 9.47 Å². The minimum absolute atomic E-state index is 0.193. The highest BCUT2D eigenvalue weighted by atomic mass is 16.6. The number of carbonyl (C=O) groups excluding carboxylic acids is 1. The topological polar surface area (TPSA) is 97.1 Å². The van der Waals surface area contributed by atoms with E-state index < -0.39 is 17.2 Å². The summed E-state index contributed by atoms with van der Waals surface area (Å²) in [5.74, 6) is 0.771. The van der Waals surface area contributed by atoms with Crippen molar-refractivity contribution in [2.24, 2.45) is 5.92 Å². The molecule has 0 aliphatic heterocycles. The number of aromatic nitrogens is 2. The molecule has 3 aromatic rings. The second-order valence-electron chi connectivity index (χ2n) is 10.1. The van der Waals surface area contributed by atoms with Crippen molar-refractivity contribution in [3.8, 4) is 22.9 Å². The predicted molar refractivity (Wildman–Crippen MR) is 132 cm³/mol. The maximum absolute atomic E-state index is 12.4. The number of carbonyl (C=O) groups is 1. The predicted octanol–water partition coefficient (Wildman–Crippen LogP) is 5.88. The van der Waals surface area contributed by atoms with Gasteiger partial charge in [-0.2, -0.15) is 5.26 Å². The first-order chi connectivity index (χ1) is 16.0. The summed E-state index contributed by atoms with van der Waals surface area (Å²) in [5, 5.41) is 12.8. The summed E-state index contributed by atoms with van der Waals surface area (Å²) < 4.78 is 11.5. The molecule has 0 radical (unpaired) electrons. The highest BCUT2D eigenvalue weighted by Crippen LogP contribution is 2.30. The molecule has 1 aromatic carbocycles. The number of alkyl carbamates (subject to hydrolysis) is 1. The lowest BCUT2D eigenvalue weighted by molar-refractivity contribution is 0.0408. The van der Waals surface area contributed by atoms with E-state index in [1.807, 2.05) is 52.0 Å². The Morgan fingerprint density at radius 1 is 1.12 bits per heavy atom. The highest BCUT2D eigenvalue weighted by molar-refractivity contribution is 5.91. The lowest BCUT2D eigenvalue weighted by Gasteiger charge is -2.33. The van der Waals surface area contributed by atoms with Gasteiger partial charge >= 0.3 is 6.09 Å². The molecular weight excluding hydrogens is 428 g/mol. The van der Waals surface area contributed by atoms with E-state index in [2.05, 4.69) is 35.2 Å². The van der Waals surface area contributed by atoms with Crippen LogP contribution < -0.4 is 10.1 Å². The van der Waals surface area contributed by atoms with Gasteiger partial charge in [-0.15, -0.1) is 0 Å². The Kier molecular flexibility index (Phi) is 7.41. The number of ether oxygens (including phenoxy) is 2. The molecule has 1 N–H and O–H groups in total. The van der Waals surface area contributed by atoms with E-state index in [0.717, 1.165) is 22.2 Å². The molecule has 2 heterocycles. The highest BCUT2D eigenvalue weighted by Gasteiger charge is 2.31. The molecule has 7 heteroatoms. The number of nitrogens with one attached hydrogen (secondary N) is 1. The smallest absolute Gasteiger partial charge is 0.408 e. The Morgan fingerprint density at radius 3 is 2.56 bits per heavy atom. The van der Waals surface area contributed by atoms with Crippen molar-refractivity contribution >= 4 is 17.1 Å². The van der Waals surface area contributed by atoms with Crippen molar-refractivity contribution < 1.29 is 14.3 Å². The van der Waals surface area contributed by atoms with Gasteiger partial charge in [-0.25, -0.2) is 4.79 Å². The number of hydrogen-bond donors (Lipinski definition) is 1. The second-order valence-corrected chi connectivity index (χ2v) is 10.1. The third-order valence-corrected chi connectivity index (χ3v) is 5.12. The maximum Gasteiger partial charge on any atom is 0.408 e. The van der Waals surface area contributed by atoms with Gasteiger partial charge in [0.05, 0.1) is 22.1 Å². The van der Waals surface area contributed by atoms with Crippen molar-refractivity contribution in [2.75, 3.05) is 6.61 Å². The van der Waals surface area contributed by atoms with Gasteiger partial charge in [0.15, 0.2) is 0 Å². The first kappa shape index (κ1) is 25.0. The average Bonchev–Trinajstić information content (AvgIpc) is 2.75. The Labute approximate surface area is 201 Å². The molecule has 178 valence electrons. The number of fused-ring (bicyclic) bond motifs is 1. The van der Waals surface area contributed by atoms with Crippen LogP contribution in [-0.2, 0) is 4.74 Å². The fourth-order valence-electron chi connectivity index (χ4n) is 3.96. The molecule has 0 unspecified atom stereocenters. The van der Waals surface area contributed by atoms with Crippen LogP contribution in [0.5, 0.6) is 5.75 Å². The van der Waals surface area contributed by atoms with Crippen molar-refractivity contribution in [2.45, 2.75) is 59.1 Å². The molecule has 0 aliphatic carbocycles. The zero-order chi connectivity index (χ0) is 24.9. The molecule has 2 aromatic heterocycles. The number of pyridine rings is 2. The van der Waals surface area contributed by atoms with Gasteiger partial charge < -0.3 is 14.8 Å². The van der Waals surface area contributed by atoms with Gasteiger partial charge in [0.1, 0.15) is 24.0 Å². The number of nitriles is 1. The van der Waals surface area contributed by atoms with Gasteiger partial charge in [-0.05, 0) is 75.9 Å². The van der Waals surface area contributed by atoms with Crippen LogP contribution in [0, 0.1) is 17.2 Å². The summed E-state index contributed by atoms with van der Waals surface area (Å²) in [4.78, 5) is 21.3. The third kappa shape index (κ3) is 6.44. The first-order valence-corrected chi connectivity index (χ1v) is 11.4. The van der Waals surface area contributed by atoms with Gasteiger partial charge in [-0.3, -0.25) is 9.97 Å². The Balaban J connectivity index is 1.84. The van der Waals surface area contributed by atoms with Crippen LogP contribution in [0.1, 0.15) is 53.5 Å². The molecule has 0 aliphatic rings. The number of amides is 1. The monoisotopic (exact) mass is 460 g/mol. The van der Waals surface area contributed by atoms with E-state index in [1.165, 1.54) is 0 Å². The Morgan fingerprint density at radius 2 is 1.88 bits per heavy atom. The third-order valence-electron chi connectivity index (χ3n) is 5.12. The quantitative estimate of drug-likeness (QED) is 0.473. The molecule has 7 nitrogen and oxygen atoms in total. The summed E-state index contributed by atoms with van der Waals surface area (Å²) in [6, 6.07) is 13.3. The molecule has 0 spiro atoms. The fraction of sp³-hybridized carbons (Fsp3) is 0.407. The molecule has 34 heavy (non-hydrogen) atoms. The zero-order valence-electron chi connectivity index (χ0n) is 20.7. The van der Waals surface area contributed by atoms with Crippen molar-refractivity contribution in [1.82, 2.24) is 15.3 Å². The van der Waals surface area contributed by atoms with Crippen LogP contribution in [0.3, 0.4) is 0 Å². The fourth-order valence-corrected chi connectivity index (χ4v) is 3.96. The first-order valence-electron chi connectivity index (χ1n) is 11.4. The minimum Gasteiger partial charge on any atom is -0.490 e. The average molecular weight is 461 g/mol. The molecule has 0 bridgehead atoms. The van der Waals surface area contributed by atoms with Gasteiger partial charge in [-0.1, -0.05) is 19.9 Å². The van der Waals surface area contributed by atoms with Crippen LogP contribution in [0.4, 0.5) is 4.79 Å². The van der Waals surface area contributed by atoms with Crippen LogP contribution in [0.25, 0.3) is 22.2 Å². The molecule has 3 rings (SSSR count). The standard InChI is InChI=1S/C27H32N4O3/c1-18(2)15-27(6,31-25(32)34-26(3,4)5)17-33-23-10-9-19(14-20(23)16-28)21-11-13-29-22-8-7-12-30-24(21)22/h7-14,18H,15,17H2,1-6H3,(H,31,32)/t27-/m0/s1.